The third-order valence-corrected chi connectivity index (χ3v) is 1.77. The highest BCUT2D eigenvalue weighted by atomic mass is 16.4. The minimum atomic E-state index is -1.20. The lowest BCUT2D eigenvalue weighted by Gasteiger charge is -2.02. The minimum Gasteiger partial charge on any atom is -0.507 e. The van der Waals surface area contributed by atoms with Crippen LogP contribution in [0.15, 0.2) is 18.2 Å². The van der Waals surface area contributed by atoms with Crippen LogP contribution in [0.1, 0.15) is 22.3 Å². The molecular formula is C10H10O4. The Morgan fingerprint density at radius 2 is 2.00 bits per heavy atom. The number of carbonyl (C=O) groups excluding carboxylic acids is 1. The van der Waals surface area contributed by atoms with Crippen LogP contribution in [0.25, 0.3) is 0 Å². The van der Waals surface area contributed by atoms with Gasteiger partial charge in [0.25, 0.3) is 0 Å². The Balaban J connectivity index is 2.96. The van der Waals surface area contributed by atoms with Crippen molar-refractivity contribution in [1.82, 2.24) is 0 Å². The van der Waals surface area contributed by atoms with Crippen LogP contribution in [-0.4, -0.2) is 22.0 Å². The number of phenolic OH excluding ortho intramolecular Hbond substituents is 1. The van der Waals surface area contributed by atoms with Gasteiger partial charge < -0.3 is 10.2 Å². The molecule has 0 aliphatic rings. The van der Waals surface area contributed by atoms with Crippen LogP contribution in [0.3, 0.4) is 0 Å². The summed E-state index contributed by atoms with van der Waals surface area (Å²) in [7, 11) is 0. The van der Waals surface area contributed by atoms with E-state index in [9.17, 15) is 14.7 Å². The summed E-state index contributed by atoms with van der Waals surface area (Å²) in [6, 6.07) is 4.50. The first-order valence-corrected chi connectivity index (χ1v) is 4.05. The maximum atomic E-state index is 11.2. The van der Waals surface area contributed by atoms with Crippen LogP contribution in [0, 0.1) is 6.92 Å². The van der Waals surface area contributed by atoms with Crippen LogP contribution in [0.5, 0.6) is 5.75 Å². The van der Waals surface area contributed by atoms with E-state index in [0.29, 0.717) is 0 Å². The van der Waals surface area contributed by atoms with Gasteiger partial charge in [-0.05, 0) is 24.6 Å². The van der Waals surface area contributed by atoms with E-state index in [1.807, 2.05) is 0 Å². The van der Waals surface area contributed by atoms with E-state index >= 15 is 0 Å². The number of aryl methyl sites for hydroxylation is 1. The number of carboxylic acid groups (broad SMARTS) is 1. The van der Waals surface area contributed by atoms with Crippen molar-refractivity contribution in [2.24, 2.45) is 0 Å². The molecule has 0 radical (unpaired) electrons. The van der Waals surface area contributed by atoms with Gasteiger partial charge in [0, 0.05) is 0 Å². The summed E-state index contributed by atoms with van der Waals surface area (Å²) in [6.45, 7) is 1.77. The number of hydrogen-bond donors (Lipinski definition) is 2. The molecule has 14 heavy (non-hydrogen) atoms. The van der Waals surface area contributed by atoms with E-state index in [0.717, 1.165) is 5.56 Å². The van der Waals surface area contributed by atoms with Gasteiger partial charge in [-0.1, -0.05) is 6.07 Å². The van der Waals surface area contributed by atoms with Crippen molar-refractivity contribution in [2.75, 3.05) is 0 Å². The molecule has 4 heteroatoms. The van der Waals surface area contributed by atoms with Crippen LogP contribution in [0.4, 0.5) is 0 Å². The molecule has 0 heterocycles. The zero-order valence-corrected chi connectivity index (χ0v) is 7.65. The molecule has 0 atom stereocenters. The predicted octanol–water partition coefficient (Wildman–Crippen LogP) is 1.36. The third-order valence-electron chi connectivity index (χ3n) is 1.77. The number of rotatable bonds is 3. The summed E-state index contributed by atoms with van der Waals surface area (Å²) in [4.78, 5) is 21.5. The molecule has 0 saturated heterocycles. The van der Waals surface area contributed by atoms with Crippen molar-refractivity contribution in [1.29, 1.82) is 0 Å². The van der Waals surface area contributed by atoms with E-state index in [2.05, 4.69) is 0 Å². The normalized spacial score (nSPS) is 9.79. The molecule has 1 aromatic carbocycles. The number of hydrogen-bond acceptors (Lipinski definition) is 3. The van der Waals surface area contributed by atoms with Gasteiger partial charge >= 0.3 is 5.97 Å². The van der Waals surface area contributed by atoms with Gasteiger partial charge in [0.1, 0.15) is 12.2 Å². The van der Waals surface area contributed by atoms with Crippen molar-refractivity contribution >= 4 is 11.8 Å². The second-order valence-electron chi connectivity index (χ2n) is 3.01. The minimum absolute atomic E-state index is 0.0537. The maximum absolute atomic E-state index is 11.2. The molecule has 0 spiro atoms. The first kappa shape index (κ1) is 10.2. The van der Waals surface area contributed by atoms with Crippen molar-refractivity contribution in [2.45, 2.75) is 13.3 Å². The number of aliphatic carboxylic acids is 1. The van der Waals surface area contributed by atoms with Crippen LogP contribution in [-0.2, 0) is 4.79 Å². The van der Waals surface area contributed by atoms with Crippen LogP contribution in [0.2, 0.25) is 0 Å². The molecular weight excluding hydrogens is 184 g/mol. The summed E-state index contributed by atoms with van der Waals surface area (Å²) >= 11 is 0. The van der Waals surface area contributed by atoms with E-state index in [-0.39, 0.29) is 11.3 Å². The Hall–Kier alpha value is -1.84. The summed E-state index contributed by atoms with van der Waals surface area (Å²) < 4.78 is 0. The molecule has 0 aliphatic carbocycles. The second-order valence-corrected chi connectivity index (χ2v) is 3.01. The molecule has 0 unspecified atom stereocenters. The number of Topliss-reactive ketones (excluding diaryl/α,β-unsaturated/α-hetero) is 1. The van der Waals surface area contributed by atoms with Gasteiger partial charge in [0.15, 0.2) is 5.78 Å². The summed E-state index contributed by atoms with van der Waals surface area (Å²) in [5.41, 5.74) is 0.868. The number of carboxylic acids is 1. The van der Waals surface area contributed by atoms with E-state index in [4.69, 9.17) is 5.11 Å². The van der Waals surface area contributed by atoms with Gasteiger partial charge in [-0.25, -0.2) is 0 Å². The van der Waals surface area contributed by atoms with Gasteiger partial charge in [0.05, 0.1) is 5.56 Å². The number of benzene rings is 1. The van der Waals surface area contributed by atoms with Crippen molar-refractivity contribution in [3.8, 4) is 5.75 Å². The zero-order valence-electron chi connectivity index (χ0n) is 7.65. The van der Waals surface area contributed by atoms with E-state index in [1.54, 1.807) is 13.0 Å². The number of aromatic hydroxyl groups is 1. The second kappa shape index (κ2) is 3.91. The zero-order chi connectivity index (χ0) is 10.7. The fourth-order valence-corrected chi connectivity index (χ4v) is 1.11. The molecule has 1 rings (SSSR count). The molecule has 1 aromatic rings. The lowest BCUT2D eigenvalue weighted by atomic mass is 10.1. The van der Waals surface area contributed by atoms with Crippen molar-refractivity contribution in [3.63, 3.8) is 0 Å². The Bertz CT molecular complexity index is 382. The van der Waals surface area contributed by atoms with Crippen molar-refractivity contribution in [3.05, 3.63) is 29.3 Å². The first-order valence-electron chi connectivity index (χ1n) is 4.05. The highest BCUT2D eigenvalue weighted by Crippen LogP contribution is 2.19. The smallest absolute Gasteiger partial charge is 0.311 e. The highest BCUT2D eigenvalue weighted by molar-refractivity contribution is 6.07. The number of carbonyl (C=O) groups is 2. The lowest BCUT2D eigenvalue weighted by molar-refractivity contribution is -0.135. The van der Waals surface area contributed by atoms with Gasteiger partial charge in [-0.3, -0.25) is 9.59 Å². The molecule has 0 aromatic heterocycles. The largest absolute Gasteiger partial charge is 0.507 e. The van der Waals surface area contributed by atoms with Gasteiger partial charge in [0.2, 0.25) is 0 Å². The standard InChI is InChI=1S/C10H10O4/c1-6-2-3-7(8(11)4-6)9(12)5-10(13)14/h2-4,11H,5H2,1H3,(H,13,14). The molecule has 0 aliphatic heterocycles. The molecule has 74 valence electrons. The van der Waals surface area contributed by atoms with Crippen LogP contribution < -0.4 is 0 Å². The van der Waals surface area contributed by atoms with E-state index in [1.165, 1.54) is 12.1 Å². The Morgan fingerprint density at radius 3 is 2.50 bits per heavy atom. The fraction of sp³-hybridized carbons (Fsp3) is 0.200. The summed E-state index contributed by atoms with van der Waals surface area (Å²) in [6.07, 6.45) is -0.601. The quantitative estimate of drug-likeness (QED) is 0.562. The molecule has 2 N–H and O–H groups in total. The summed E-state index contributed by atoms with van der Waals surface area (Å²) in [5.74, 6) is -1.96. The molecule has 0 amide bonds. The molecule has 0 saturated carbocycles. The average Bonchev–Trinajstić information content (AvgIpc) is 2.01. The molecule has 0 fully saturated rings. The molecule has 4 nitrogen and oxygen atoms in total. The number of phenols is 1. The Kier molecular flexibility index (Phi) is 2.86. The Labute approximate surface area is 80.8 Å². The highest BCUT2D eigenvalue weighted by Gasteiger charge is 2.14. The van der Waals surface area contributed by atoms with Gasteiger partial charge in [-0.2, -0.15) is 0 Å². The SMILES string of the molecule is Cc1ccc(C(=O)CC(=O)O)c(O)c1. The van der Waals surface area contributed by atoms with Gasteiger partial charge in [-0.15, -0.1) is 0 Å². The summed E-state index contributed by atoms with van der Waals surface area (Å²) in [5, 5.41) is 17.7. The fourth-order valence-electron chi connectivity index (χ4n) is 1.11. The topological polar surface area (TPSA) is 74.6 Å². The molecule has 0 bridgehead atoms. The van der Waals surface area contributed by atoms with Crippen molar-refractivity contribution < 1.29 is 19.8 Å². The van der Waals surface area contributed by atoms with Crippen LogP contribution >= 0.6 is 0 Å². The number of ketones is 1. The maximum Gasteiger partial charge on any atom is 0.311 e. The predicted molar refractivity (Wildman–Crippen MR) is 49.4 cm³/mol. The lowest BCUT2D eigenvalue weighted by Crippen LogP contribution is -2.07. The average molecular weight is 194 g/mol. The first-order chi connectivity index (χ1) is 6.50. The third kappa shape index (κ3) is 2.32. The Morgan fingerprint density at radius 1 is 1.36 bits per heavy atom. The monoisotopic (exact) mass is 194 g/mol. The van der Waals surface area contributed by atoms with E-state index < -0.39 is 18.2 Å².